The Hall–Kier alpha value is -1.10. The normalized spacial score (nSPS) is 41.6. The highest BCUT2D eigenvalue weighted by Crippen LogP contribution is 2.68. The first-order valence-corrected chi connectivity index (χ1v) is 15.3. The summed E-state index contributed by atoms with van der Waals surface area (Å²) >= 11 is 0. The molecule has 0 heterocycles. The molecule has 2 unspecified atom stereocenters. The SMILES string of the molecule is CC(C)CCC[C@@H](C)[C@H]1CC[C@H]2[C@@H]3CCC4CC(NC(=O)[C@@H](N)CC(N)=O)CC[C@]4(C)[C@H]3CC[C@]12C. The Labute approximate surface area is 220 Å². The highest BCUT2D eigenvalue weighted by Gasteiger charge is 2.60. The van der Waals surface area contributed by atoms with Gasteiger partial charge in [-0.1, -0.05) is 53.9 Å². The third-order valence-corrected chi connectivity index (χ3v) is 12.0. The second-order valence-corrected chi connectivity index (χ2v) is 14.4. The van der Waals surface area contributed by atoms with Crippen LogP contribution in [0.1, 0.15) is 118 Å². The van der Waals surface area contributed by atoms with Gasteiger partial charge in [0.15, 0.2) is 0 Å². The van der Waals surface area contributed by atoms with E-state index >= 15 is 0 Å². The molecule has 0 aromatic rings. The molecule has 0 aliphatic heterocycles. The minimum absolute atomic E-state index is 0.0824. The fraction of sp³-hybridized carbons (Fsp3) is 0.935. The van der Waals surface area contributed by atoms with Crippen molar-refractivity contribution in [2.75, 3.05) is 0 Å². The fourth-order valence-corrected chi connectivity index (χ4v) is 10.0. The van der Waals surface area contributed by atoms with Crippen molar-refractivity contribution < 1.29 is 9.59 Å². The Kier molecular flexibility index (Phi) is 8.49. The fourth-order valence-electron chi connectivity index (χ4n) is 10.0. The average Bonchev–Trinajstić information content (AvgIpc) is 3.15. The quantitative estimate of drug-likeness (QED) is 0.372. The summed E-state index contributed by atoms with van der Waals surface area (Å²) in [5, 5.41) is 3.16. The molecule has 206 valence electrons. The predicted octanol–water partition coefficient (Wildman–Crippen LogP) is 5.80. The van der Waals surface area contributed by atoms with E-state index in [9.17, 15) is 9.59 Å². The van der Waals surface area contributed by atoms with Crippen molar-refractivity contribution in [1.29, 1.82) is 0 Å². The molecule has 5 heteroatoms. The standard InChI is InChI=1S/C31H55N3O2/c1-19(2)7-6-8-20(3)24-11-12-25-23-10-9-21-17-22(34-29(36)27(32)18-28(33)35)13-15-30(21,4)26(23)14-16-31(24,25)5/h19-27H,6-18,32H2,1-5H3,(H2,33,35)(H,34,36)/t20-,21?,22?,23+,24-,25+,26+,27+,30+,31-/m1/s1. The molecule has 4 aliphatic rings. The molecule has 10 atom stereocenters. The second-order valence-electron chi connectivity index (χ2n) is 14.4. The topological polar surface area (TPSA) is 98.2 Å². The first kappa shape index (κ1) is 27.9. The van der Waals surface area contributed by atoms with Crippen LogP contribution in [0.5, 0.6) is 0 Å². The van der Waals surface area contributed by atoms with Crippen LogP contribution in [0.3, 0.4) is 0 Å². The Bertz CT molecular complexity index is 799. The smallest absolute Gasteiger partial charge is 0.237 e. The molecule has 0 spiro atoms. The van der Waals surface area contributed by atoms with E-state index in [0.29, 0.717) is 16.7 Å². The van der Waals surface area contributed by atoms with Gasteiger partial charge in [-0.2, -0.15) is 0 Å². The van der Waals surface area contributed by atoms with Gasteiger partial charge in [0, 0.05) is 6.04 Å². The third-order valence-electron chi connectivity index (χ3n) is 12.0. The van der Waals surface area contributed by atoms with Crippen molar-refractivity contribution in [2.24, 2.45) is 63.7 Å². The Morgan fingerprint density at radius 2 is 1.61 bits per heavy atom. The number of amides is 2. The lowest BCUT2D eigenvalue weighted by molar-refractivity contribution is -0.130. The van der Waals surface area contributed by atoms with Gasteiger partial charge in [0.05, 0.1) is 12.5 Å². The molecule has 0 saturated heterocycles. The van der Waals surface area contributed by atoms with Crippen molar-refractivity contribution in [2.45, 2.75) is 130 Å². The summed E-state index contributed by atoms with van der Waals surface area (Å²) in [5.41, 5.74) is 12.1. The van der Waals surface area contributed by atoms with Gasteiger partial charge in [-0.25, -0.2) is 0 Å². The lowest BCUT2D eigenvalue weighted by atomic mass is 9.44. The number of nitrogens with one attached hydrogen (secondary N) is 1. The number of hydrogen-bond donors (Lipinski definition) is 3. The van der Waals surface area contributed by atoms with Crippen LogP contribution in [-0.4, -0.2) is 23.9 Å². The third kappa shape index (κ3) is 5.38. The first-order valence-electron chi connectivity index (χ1n) is 15.3. The molecule has 4 saturated carbocycles. The van der Waals surface area contributed by atoms with Gasteiger partial charge in [-0.05, 0) is 110 Å². The molecule has 5 N–H and O–H groups in total. The maximum atomic E-state index is 12.5. The average molecular weight is 502 g/mol. The summed E-state index contributed by atoms with van der Waals surface area (Å²) in [5.74, 6) is 5.20. The molecule has 0 aromatic carbocycles. The van der Waals surface area contributed by atoms with E-state index in [1.165, 1.54) is 64.2 Å². The Morgan fingerprint density at radius 3 is 2.31 bits per heavy atom. The van der Waals surface area contributed by atoms with E-state index in [4.69, 9.17) is 11.5 Å². The van der Waals surface area contributed by atoms with E-state index in [0.717, 1.165) is 48.3 Å². The van der Waals surface area contributed by atoms with Crippen LogP contribution < -0.4 is 16.8 Å². The Balaban J connectivity index is 1.37. The van der Waals surface area contributed by atoms with Crippen molar-refractivity contribution in [1.82, 2.24) is 5.32 Å². The first-order chi connectivity index (χ1) is 17.0. The van der Waals surface area contributed by atoms with E-state index in [-0.39, 0.29) is 18.4 Å². The maximum absolute atomic E-state index is 12.5. The molecule has 4 aliphatic carbocycles. The molecular formula is C31H55N3O2. The van der Waals surface area contributed by atoms with Crippen LogP contribution in [0.4, 0.5) is 0 Å². The van der Waals surface area contributed by atoms with Crippen molar-refractivity contribution in [3.8, 4) is 0 Å². The zero-order chi connectivity index (χ0) is 26.3. The van der Waals surface area contributed by atoms with Gasteiger partial charge >= 0.3 is 0 Å². The molecule has 4 rings (SSSR count). The van der Waals surface area contributed by atoms with Crippen LogP contribution in [0, 0.1) is 52.3 Å². The largest absolute Gasteiger partial charge is 0.370 e. The summed E-state index contributed by atoms with van der Waals surface area (Å²) in [4.78, 5) is 23.7. The zero-order valence-electron chi connectivity index (χ0n) is 23.9. The molecule has 2 amide bonds. The van der Waals surface area contributed by atoms with Gasteiger partial charge < -0.3 is 16.8 Å². The predicted molar refractivity (Wildman–Crippen MR) is 147 cm³/mol. The lowest BCUT2D eigenvalue weighted by Crippen LogP contribution is -2.56. The number of nitrogens with two attached hydrogens (primary N) is 2. The summed E-state index contributed by atoms with van der Waals surface area (Å²) in [6.07, 6.45) is 15.8. The number of primary amides is 1. The minimum Gasteiger partial charge on any atom is -0.370 e. The number of fused-ring (bicyclic) bond motifs is 5. The number of rotatable bonds is 9. The van der Waals surface area contributed by atoms with Gasteiger partial charge in [-0.15, -0.1) is 0 Å². The molecule has 0 aromatic heterocycles. The zero-order valence-corrected chi connectivity index (χ0v) is 23.9. The molecule has 5 nitrogen and oxygen atoms in total. The van der Waals surface area contributed by atoms with Gasteiger partial charge in [0.2, 0.25) is 11.8 Å². The molecule has 0 bridgehead atoms. The van der Waals surface area contributed by atoms with Gasteiger partial charge in [0.25, 0.3) is 0 Å². The van der Waals surface area contributed by atoms with E-state index < -0.39 is 11.9 Å². The summed E-state index contributed by atoms with van der Waals surface area (Å²) in [6, 6.07) is -0.645. The van der Waals surface area contributed by atoms with Crippen LogP contribution in [0.25, 0.3) is 0 Å². The van der Waals surface area contributed by atoms with E-state index in [1.54, 1.807) is 0 Å². The van der Waals surface area contributed by atoms with Gasteiger partial charge in [-0.3, -0.25) is 9.59 Å². The molecule has 36 heavy (non-hydrogen) atoms. The highest BCUT2D eigenvalue weighted by atomic mass is 16.2. The second kappa shape index (κ2) is 10.9. The van der Waals surface area contributed by atoms with Crippen LogP contribution in [0.15, 0.2) is 0 Å². The van der Waals surface area contributed by atoms with Gasteiger partial charge in [0.1, 0.15) is 0 Å². The summed E-state index contributed by atoms with van der Waals surface area (Å²) in [7, 11) is 0. The van der Waals surface area contributed by atoms with E-state index in [2.05, 4.69) is 39.9 Å². The van der Waals surface area contributed by atoms with Crippen molar-refractivity contribution in [3.63, 3.8) is 0 Å². The maximum Gasteiger partial charge on any atom is 0.237 e. The monoisotopic (exact) mass is 501 g/mol. The minimum atomic E-state index is -0.828. The highest BCUT2D eigenvalue weighted by molar-refractivity contribution is 5.87. The Morgan fingerprint density at radius 1 is 0.917 bits per heavy atom. The van der Waals surface area contributed by atoms with Crippen molar-refractivity contribution in [3.05, 3.63) is 0 Å². The van der Waals surface area contributed by atoms with Crippen molar-refractivity contribution >= 4 is 11.8 Å². The summed E-state index contributed by atoms with van der Waals surface area (Å²) < 4.78 is 0. The van der Waals surface area contributed by atoms with E-state index in [1.807, 2.05) is 0 Å². The molecular weight excluding hydrogens is 446 g/mol. The summed E-state index contributed by atoms with van der Waals surface area (Å²) in [6.45, 7) is 12.6. The number of carbonyl (C=O) groups excluding carboxylic acids is 2. The molecule has 4 fully saturated rings. The molecule has 0 radical (unpaired) electrons. The lowest BCUT2D eigenvalue weighted by Gasteiger charge is -2.61. The van der Waals surface area contributed by atoms with Crippen LogP contribution in [0.2, 0.25) is 0 Å². The van der Waals surface area contributed by atoms with Crippen LogP contribution >= 0.6 is 0 Å². The van der Waals surface area contributed by atoms with Crippen LogP contribution in [-0.2, 0) is 9.59 Å². The number of carbonyl (C=O) groups is 2. The number of hydrogen-bond acceptors (Lipinski definition) is 3.